The van der Waals surface area contributed by atoms with E-state index in [-0.39, 0.29) is 27.3 Å². The number of phenols is 1. The molecular weight excluding hydrogens is 441 g/mol. The Kier molecular flexibility index (Phi) is 3.91. The second kappa shape index (κ2) is 5.27. The Balaban J connectivity index is 0.00000121. The molecule has 1 aromatic rings. The van der Waals surface area contributed by atoms with Gasteiger partial charge in [-0.05, 0) is 68.5 Å². The van der Waals surface area contributed by atoms with Crippen molar-refractivity contribution in [2.45, 2.75) is 50.0 Å². The number of aromatic hydroxyl groups is 1. The Morgan fingerprint density at radius 1 is 1.25 bits per heavy atom. The van der Waals surface area contributed by atoms with Crippen LogP contribution in [0.2, 0.25) is 0 Å². The Morgan fingerprint density at radius 3 is 2.95 bits per heavy atom. The van der Waals surface area contributed by atoms with Crippen molar-refractivity contribution in [1.29, 1.82) is 0 Å². The fourth-order valence-electron chi connectivity index (χ4n) is 5.18. The van der Waals surface area contributed by atoms with Crippen molar-refractivity contribution >= 4 is 27.3 Å². The van der Waals surface area contributed by atoms with Gasteiger partial charge in [0.2, 0.25) is 0 Å². The van der Waals surface area contributed by atoms with Gasteiger partial charge in [0.05, 0.1) is 0 Å². The second-order valence-electron chi connectivity index (χ2n) is 6.85. The number of piperidine rings is 1. The largest absolute Gasteiger partial charge is 0.508 e. The van der Waals surface area contributed by atoms with E-state index in [1.807, 2.05) is 6.07 Å². The predicted molar refractivity (Wildman–Crippen MR) is 82.2 cm³/mol. The molecule has 2 nitrogen and oxygen atoms in total. The maximum Gasteiger partial charge on any atom is 0.115 e. The molecule has 2 aliphatic carbocycles. The van der Waals surface area contributed by atoms with Gasteiger partial charge in [-0.3, -0.25) is 0 Å². The number of rotatable bonds is 0. The van der Waals surface area contributed by atoms with Crippen LogP contribution in [0.15, 0.2) is 18.2 Å². The average molecular weight is 465 g/mol. The number of phenolic OH excluding ortho intramolecular Hbond substituents is 1. The molecule has 0 aromatic heterocycles. The Bertz CT molecular complexity index is 518. The molecule has 3 aliphatic rings. The molecule has 1 N–H and O–H groups in total. The molecule has 3 atom stereocenters. The van der Waals surface area contributed by atoms with E-state index < -0.39 is 0 Å². The number of benzene rings is 1. The third-order valence-electron chi connectivity index (χ3n) is 6.10. The Hall–Kier alpha value is -0.0979. The fourth-order valence-corrected chi connectivity index (χ4v) is 5.18. The molecule has 1 heterocycles. The Morgan fingerprint density at radius 2 is 2.10 bits per heavy atom. The molecule has 2 bridgehead atoms. The number of likely N-dealkylation sites (N-methyl/N-ethyl adjacent to an activating group) is 1. The van der Waals surface area contributed by atoms with Crippen molar-refractivity contribution < 1.29 is 5.11 Å². The first-order valence-corrected chi connectivity index (χ1v) is 7.73. The van der Waals surface area contributed by atoms with Gasteiger partial charge in [-0.25, -0.2) is 0 Å². The van der Waals surface area contributed by atoms with Crippen LogP contribution in [0, 0.1) is 5.92 Å². The van der Waals surface area contributed by atoms with Gasteiger partial charge in [-0.1, -0.05) is 18.9 Å². The van der Waals surface area contributed by atoms with Crippen LogP contribution >= 0.6 is 0 Å². The zero-order valence-corrected chi connectivity index (χ0v) is 16.1. The van der Waals surface area contributed by atoms with E-state index in [9.17, 15) is 5.11 Å². The van der Waals surface area contributed by atoms with E-state index in [1.54, 1.807) is 0 Å². The van der Waals surface area contributed by atoms with Crippen LogP contribution in [0.3, 0.4) is 0 Å². The molecule has 3 heteroatoms. The van der Waals surface area contributed by atoms with Crippen LogP contribution < -0.4 is 0 Å². The van der Waals surface area contributed by atoms with E-state index in [0.29, 0.717) is 11.2 Å². The maximum absolute atomic E-state index is 9.91. The van der Waals surface area contributed by atoms with Gasteiger partial charge < -0.3 is 10.0 Å². The Labute approximate surface area is 141 Å². The summed E-state index contributed by atoms with van der Waals surface area (Å²) in [5.41, 5.74) is 3.36. The van der Waals surface area contributed by atoms with Crippen molar-refractivity contribution in [3.05, 3.63) is 29.3 Å². The summed E-state index contributed by atoms with van der Waals surface area (Å²) in [5.74, 6) is 1.27. The van der Waals surface area contributed by atoms with Crippen molar-refractivity contribution in [1.82, 2.24) is 4.90 Å². The quantitative estimate of drug-likeness (QED) is 0.597. The van der Waals surface area contributed by atoms with Crippen LogP contribution in [0.1, 0.15) is 43.2 Å². The minimum absolute atomic E-state index is 0. The molecule has 4 rings (SSSR count). The monoisotopic (exact) mass is 465 g/mol. The van der Waals surface area contributed by atoms with E-state index in [0.717, 1.165) is 12.0 Å². The standard InChI is InChI=1S/C17H23NO.Pb/c1-18-9-8-17-7-3-2-4-14(17)16(18)10-12-5-6-13(19)11-15(12)17;/h5-6,11,14,16,19H,2-4,7-10H2,1H3;/t14-,16+,17+;/m0./s1. The molecular formula is C17H23NOPb. The van der Waals surface area contributed by atoms with Crippen molar-refractivity contribution in [2.24, 2.45) is 5.92 Å². The summed E-state index contributed by atoms with van der Waals surface area (Å²) < 4.78 is 0. The summed E-state index contributed by atoms with van der Waals surface area (Å²) >= 11 is 0. The SMILES string of the molecule is CN1CC[C@]23CCCC[C@H]2[C@H]1Cc1ccc(O)cc13.[Pb]. The minimum Gasteiger partial charge on any atom is -0.508 e. The first-order valence-electron chi connectivity index (χ1n) is 7.73. The van der Waals surface area contributed by atoms with Gasteiger partial charge in [0.25, 0.3) is 0 Å². The van der Waals surface area contributed by atoms with Crippen molar-refractivity contribution in [3.63, 3.8) is 0 Å². The summed E-state index contributed by atoms with van der Waals surface area (Å²) in [6.45, 7) is 1.22. The maximum atomic E-state index is 9.91. The van der Waals surface area contributed by atoms with E-state index in [2.05, 4.69) is 24.1 Å². The molecule has 20 heavy (non-hydrogen) atoms. The first-order chi connectivity index (χ1) is 9.21. The van der Waals surface area contributed by atoms with Crippen molar-refractivity contribution in [3.8, 4) is 5.75 Å². The van der Waals surface area contributed by atoms with Crippen LogP contribution in [0.25, 0.3) is 0 Å². The van der Waals surface area contributed by atoms with Crippen molar-refractivity contribution in [2.75, 3.05) is 13.6 Å². The van der Waals surface area contributed by atoms with E-state index in [4.69, 9.17) is 0 Å². The van der Waals surface area contributed by atoms with Gasteiger partial charge >= 0.3 is 0 Å². The first kappa shape index (κ1) is 14.8. The van der Waals surface area contributed by atoms with E-state index in [1.165, 1.54) is 56.2 Å². The summed E-state index contributed by atoms with van der Waals surface area (Å²) in [5, 5.41) is 9.91. The number of fused-ring (bicyclic) bond motifs is 1. The van der Waals surface area contributed by atoms with Gasteiger partial charge in [0.1, 0.15) is 5.75 Å². The molecule has 0 spiro atoms. The predicted octanol–water partition coefficient (Wildman–Crippen LogP) is 2.70. The molecule has 1 saturated carbocycles. The van der Waals surface area contributed by atoms with Crippen LogP contribution in [-0.4, -0.2) is 56.9 Å². The van der Waals surface area contributed by atoms with Gasteiger partial charge in [0, 0.05) is 38.8 Å². The minimum atomic E-state index is 0. The molecule has 0 unspecified atom stereocenters. The van der Waals surface area contributed by atoms with Gasteiger partial charge in [-0.2, -0.15) is 0 Å². The fraction of sp³-hybridized carbons (Fsp3) is 0.647. The summed E-state index contributed by atoms with van der Waals surface area (Å²) in [6.07, 6.45) is 7.93. The third-order valence-corrected chi connectivity index (χ3v) is 6.10. The number of hydrogen-bond acceptors (Lipinski definition) is 2. The van der Waals surface area contributed by atoms with Crippen LogP contribution in [0.5, 0.6) is 5.75 Å². The molecule has 0 amide bonds. The van der Waals surface area contributed by atoms with Crippen LogP contribution in [0.4, 0.5) is 0 Å². The zero-order valence-electron chi connectivity index (χ0n) is 12.2. The second-order valence-corrected chi connectivity index (χ2v) is 6.85. The smallest absolute Gasteiger partial charge is 0.115 e. The molecule has 1 aliphatic heterocycles. The summed E-state index contributed by atoms with van der Waals surface area (Å²) in [7, 11) is 2.30. The molecule has 106 valence electrons. The summed E-state index contributed by atoms with van der Waals surface area (Å²) in [4.78, 5) is 2.59. The molecule has 2 fully saturated rings. The molecule has 4 radical (unpaired) electrons. The number of hydrogen-bond donors (Lipinski definition) is 1. The van der Waals surface area contributed by atoms with E-state index >= 15 is 0 Å². The summed E-state index contributed by atoms with van der Waals surface area (Å²) in [6, 6.07) is 6.85. The number of nitrogens with zero attached hydrogens (tertiary/aromatic N) is 1. The molecule has 1 aromatic carbocycles. The average Bonchev–Trinajstić information content (AvgIpc) is 2.43. The van der Waals surface area contributed by atoms with Gasteiger partial charge in [-0.15, -0.1) is 0 Å². The topological polar surface area (TPSA) is 23.5 Å². The number of likely N-dealkylation sites (tertiary alicyclic amines) is 1. The van der Waals surface area contributed by atoms with Crippen LogP contribution in [-0.2, 0) is 11.8 Å². The third kappa shape index (κ3) is 1.97. The zero-order chi connectivity index (χ0) is 13.0. The normalized spacial score (nSPS) is 35.6. The van der Waals surface area contributed by atoms with Gasteiger partial charge in [0.15, 0.2) is 0 Å². The molecule has 1 saturated heterocycles.